The second kappa shape index (κ2) is 16.7. The summed E-state index contributed by atoms with van der Waals surface area (Å²) in [5.41, 5.74) is 20.6. The molecule has 11 aromatic carbocycles. The molecule has 1 aliphatic carbocycles. The third-order valence-corrected chi connectivity index (χ3v) is 14.5. The molecule has 13 rings (SSSR count). The predicted molar refractivity (Wildman–Crippen MR) is 293 cm³/mol. The lowest BCUT2D eigenvalue weighted by Gasteiger charge is -2.32. The first-order chi connectivity index (χ1) is 34.5. The minimum absolute atomic E-state index is 0.170. The topological polar surface area (TPSA) is 15.7 Å². The van der Waals surface area contributed by atoms with E-state index in [2.05, 4.69) is 278 Å². The number of nitrogens with zero attached hydrogens (tertiary/aromatic N) is 2. The molecule has 1 heterocycles. The summed E-state index contributed by atoms with van der Waals surface area (Å²) >= 11 is 0. The first kappa shape index (κ1) is 41.3. The lowest BCUT2D eigenvalue weighted by Crippen LogP contribution is -2.17. The van der Waals surface area contributed by atoms with Crippen molar-refractivity contribution in [3.05, 3.63) is 266 Å². The summed E-state index contributed by atoms with van der Waals surface area (Å²) in [7, 11) is 0. The van der Waals surface area contributed by atoms with Crippen molar-refractivity contribution in [3.8, 4) is 67.1 Å². The zero-order valence-electron chi connectivity index (χ0n) is 39.1. The summed E-state index contributed by atoms with van der Waals surface area (Å²) in [5.74, 6) is 1.64. The summed E-state index contributed by atoms with van der Waals surface area (Å²) in [6.07, 6.45) is 0. The monoisotopic (exact) mass is 896 g/mol. The summed E-state index contributed by atoms with van der Waals surface area (Å²) in [6.45, 7) is 4.70. The predicted octanol–water partition coefficient (Wildman–Crippen LogP) is 18.9. The molecule has 2 aliphatic rings. The molecule has 3 heteroatoms. The minimum atomic E-state index is -0.170. The molecule has 332 valence electrons. The van der Waals surface area contributed by atoms with Gasteiger partial charge in [0.2, 0.25) is 0 Å². The fourth-order valence-corrected chi connectivity index (χ4v) is 10.9. The number of rotatable bonds is 9. The van der Waals surface area contributed by atoms with E-state index >= 15 is 0 Å². The van der Waals surface area contributed by atoms with Crippen LogP contribution in [0.5, 0.6) is 11.5 Å². The summed E-state index contributed by atoms with van der Waals surface area (Å²) in [6, 6.07) is 92.1. The molecule has 0 saturated carbocycles. The SMILES string of the molecule is CC1(C)c2ccccc2-c2ccc(N(c3ccc(-c4ccccc4)cc3)c3ccc4cccc5c4c3Oc3cc(N(c4ccc(-c6ccccc6)cc4)c4ccc(-c6ccccc6)cc4)ccc3-5)cc21. The molecule has 0 amide bonds. The van der Waals surface area contributed by atoms with E-state index in [0.717, 1.165) is 67.5 Å². The molecule has 0 radical (unpaired) electrons. The molecule has 0 atom stereocenters. The van der Waals surface area contributed by atoms with Crippen LogP contribution in [-0.2, 0) is 5.41 Å². The van der Waals surface area contributed by atoms with Crippen LogP contribution in [0.4, 0.5) is 34.1 Å². The highest BCUT2D eigenvalue weighted by atomic mass is 16.5. The highest BCUT2D eigenvalue weighted by Gasteiger charge is 2.36. The Labute approximate surface area is 409 Å². The van der Waals surface area contributed by atoms with Gasteiger partial charge in [0.1, 0.15) is 5.75 Å². The van der Waals surface area contributed by atoms with Gasteiger partial charge >= 0.3 is 0 Å². The van der Waals surface area contributed by atoms with Gasteiger partial charge in [0, 0.05) is 50.9 Å². The van der Waals surface area contributed by atoms with E-state index in [9.17, 15) is 0 Å². The summed E-state index contributed by atoms with van der Waals surface area (Å²) in [4.78, 5) is 4.73. The van der Waals surface area contributed by atoms with Crippen molar-refractivity contribution in [3.63, 3.8) is 0 Å². The van der Waals surface area contributed by atoms with E-state index in [-0.39, 0.29) is 5.41 Å². The molecule has 0 unspecified atom stereocenters. The van der Waals surface area contributed by atoms with Crippen LogP contribution < -0.4 is 14.5 Å². The average molecular weight is 897 g/mol. The molecule has 70 heavy (non-hydrogen) atoms. The normalized spacial score (nSPS) is 12.7. The van der Waals surface area contributed by atoms with Crippen molar-refractivity contribution in [1.29, 1.82) is 0 Å². The Kier molecular flexibility index (Phi) is 9.85. The van der Waals surface area contributed by atoms with Crippen molar-refractivity contribution in [2.24, 2.45) is 0 Å². The number of anilines is 6. The van der Waals surface area contributed by atoms with E-state index in [1.807, 2.05) is 0 Å². The lowest BCUT2D eigenvalue weighted by molar-refractivity contribution is 0.488. The smallest absolute Gasteiger partial charge is 0.159 e. The first-order valence-corrected chi connectivity index (χ1v) is 24.2. The van der Waals surface area contributed by atoms with Crippen LogP contribution in [0.3, 0.4) is 0 Å². The lowest BCUT2D eigenvalue weighted by atomic mass is 9.82. The Morgan fingerprint density at radius 1 is 0.314 bits per heavy atom. The summed E-state index contributed by atoms with van der Waals surface area (Å²) < 4.78 is 7.43. The first-order valence-electron chi connectivity index (χ1n) is 24.2. The maximum absolute atomic E-state index is 7.43. The highest BCUT2D eigenvalue weighted by molar-refractivity contribution is 6.08. The van der Waals surface area contributed by atoms with Crippen molar-refractivity contribution < 1.29 is 4.74 Å². The molecule has 0 spiro atoms. The third-order valence-electron chi connectivity index (χ3n) is 14.5. The molecule has 0 aromatic heterocycles. The fraction of sp³-hybridized carbons (Fsp3) is 0.0448. The van der Waals surface area contributed by atoms with Crippen molar-refractivity contribution in [2.75, 3.05) is 9.80 Å². The molecule has 1 aliphatic heterocycles. The number of ether oxygens (including phenoxy) is 1. The maximum atomic E-state index is 7.43. The Morgan fingerprint density at radius 3 is 1.33 bits per heavy atom. The second-order valence-corrected chi connectivity index (χ2v) is 18.9. The Bertz CT molecular complexity index is 3650. The number of hydrogen-bond donors (Lipinski definition) is 0. The van der Waals surface area contributed by atoms with Crippen LogP contribution in [-0.4, -0.2) is 0 Å². The summed E-state index contributed by atoms with van der Waals surface area (Å²) in [5, 5.41) is 2.24. The van der Waals surface area contributed by atoms with Crippen LogP contribution in [0.1, 0.15) is 25.0 Å². The molecule has 11 aromatic rings. The highest BCUT2D eigenvalue weighted by Crippen LogP contribution is 2.56. The van der Waals surface area contributed by atoms with E-state index in [4.69, 9.17) is 4.74 Å². The minimum Gasteiger partial charge on any atom is -0.454 e. The van der Waals surface area contributed by atoms with E-state index in [0.29, 0.717) is 0 Å². The molecule has 0 bridgehead atoms. The van der Waals surface area contributed by atoms with E-state index in [1.54, 1.807) is 0 Å². The Morgan fingerprint density at radius 2 is 0.757 bits per heavy atom. The third kappa shape index (κ3) is 6.97. The van der Waals surface area contributed by atoms with Gasteiger partial charge in [-0.3, -0.25) is 0 Å². The quantitative estimate of drug-likeness (QED) is 0.144. The van der Waals surface area contributed by atoms with Crippen LogP contribution in [0, 0.1) is 0 Å². The second-order valence-electron chi connectivity index (χ2n) is 18.9. The van der Waals surface area contributed by atoms with Gasteiger partial charge in [0.05, 0.1) is 5.69 Å². The van der Waals surface area contributed by atoms with Crippen LogP contribution in [0.25, 0.3) is 66.4 Å². The fourth-order valence-electron chi connectivity index (χ4n) is 10.9. The van der Waals surface area contributed by atoms with E-state index in [1.165, 1.54) is 55.6 Å². The maximum Gasteiger partial charge on any atom is 0.159 e. The van der Waals surface area contributed by atoms with Gasteiger partial charge in [-0.15, -0.1) is 0 Å². The molecular weight excluding hydrogens is 849 g/mol. The van der Waals surface area contributed by atoms with Crippen molar-refractivity contribution in [1.82, 2.24) is 0 Å². The average Bonchev–Trinajstić information content (AvgIpc) is 3.65. The van der Waals surface area contributed by atoms with Gasteiger partial charge in [0.15, 0.2) is 5.75 Å². The van der Waals surface area contributed by atoms with Gasteiger partial charge in [-0.05, 0) is 133 Å². The molecular formula is C67H48N2O. The number of benzene rings is 11. The molecule has 0 N–H and O–H groups in total. The Hall–Kier alpha value is -8.92. The molecule has 3 nitrogen and oxygen atoms in total. The van der Waals surface area contributed by atoms with E-state index < -0.39 is 0 Å². The largest absolute Gasteiger partial charge is 0.454 e. The number of fused-ring (bicyclic) bond motifs is 5. The van der Waals surface area contributed by atoms with Crippen LogP contribution >= 0.6 is 0 Å². The Balaban J connectivity index is 0.957. The standard InChI is InChI=1S/C67H48N2O/c1-67(2)61-24-13-12-22-57(61)58-40-38-55(43-62(58)67)69(54-36-29-50(30-37-54)47-19-10-5-11-20-47)63-42-31-51-21-14-23-60-59-41-39-56(44-64(59)70-66(63)65(51)60)68(52-32-25-48(26-33-52)45-15-6-3-7-16-45)53-34-27-49(28-35-53)46-17-8-4-9-18-46/h3-44H,1-2H3. The molecule has 0 saturated heterocycles. The molecule has 0 fully saturated rings. The van der Waals surface area contributed by atoms with Crippen LogP contribution in [0.15, 0.2) is 255 Å². The van der Waals surface area contributed by atoms with Crippen molar-refractivity contribution >= 4 is 44.9 Å². The van der Waals surface area contributed by atoms with Crippen molar-refractivity contribution in [2.45, 2.75) is 19.3 Å². The zero-order valence-corrected chi connectivity index (χ0v) is 39.1. The van der Waals surface area contributed by atoms with Gasteiger partial charge in [-0.1, -0.05) is 196 Å². The van der Waals surface area contributed by atoms with Gasteiger partial charge in [0.25, 0.3) is 0 Å². The number of hydrogen-bond acceptors (Lipinski definition) is 3. The van der Waals surface area contributed by atoms with Crippen LogP contribution in [0.2, 0.25) is 0 Å². The van der Waals surface area contributed by atoms with Gasteiger partial charge in [-0.2, -0.15) is 0 Å². The van der Waals surface area contributed by atoms with Gasteiger partial charge in [-0.25, -0.2) is 0 Å². The van der Waals surface area contributed by atoms with Gasteiger partial charge < -0.3 is 14.5 Å². The zero-order chi connectivity index (χ0) is 46.8.